The van der Waals surface area contributed by atoms with Crippen LogP contribution in [0.5, 0.6) is 0 Å². The van der Waals surface area contributed by atoms with Crippen LogP contribution in [-0.4, -0.2) is 4.98 Å². The van der Waals surface area contributed by atoms with Gasteiger partial charge < -0.3 is 0 Å². The van der Waals surface area contributed by atoms with Gasteiger partial charge in [-0.3, -0.25) is 0 Å². The van der Waals surface area contributed by atoms with Crippen molar-refractivity contribution in [1.82, 2.24) is 4.98 Å². The van der Waals surface area contributed by atoms with E-state index in [0.29, 0.717) is 11.3 Å². The summed E-state index contributed by atoms with van der Waals surface area (Å²) in [5.41, 5.74) is 3.10. The Morgan fingerprint density at radius 3 is 2.81 bits per heavy atom. The fourth-order valence-corrected chi connectivity index (χ4v) is 3.55. The van der Waals surface area contributed by atoms with E-state index >= 15 is 0 Å². The Bertz CT molecular complexity index is 462. The van der Waals surface area contributed by atoms with Gasteiger partial charge in [-0.2, -0.15) is 0 Å². The van der Waals surface area contributed by atoms with Crippen molar-refractivity contribution in [3.8, 4) is 0 Å². The average molecular weight is 278 g/mol. The number of hydrogen-bond donors (Lipinski definition) is 0. The summed E-state index contributed by atoms with van der Waals surface area (Å²) in [4.78, 5) is 4.59. The van der Waals surface area contributed by atoms with Crippen molar-refractivity contribution in [2.45, 2.75) is 26.7 Å². The van der Waals surface area contributed by atoms with Gasteiger partial charge in [0.15, 0.2) is 0 Å². The van der Waals surface area contributed by atoms with Crippen LogP contribution in [0.3, 0.4) is 0 Å². The van der Waals surface area contributed by atoms with Crippen LogP contribution in [0.4, 0.5) is 0 Å². The van der Waals surface area contributed by atoms with E-state index in [4.69, 9.17) is 0 Å². The highest BCUT2D eigenvalue weighted by molar-refractivity contribution is 9.10. The number of aromatic nitrogens is 1. The maximum absolute atomic E-state index is 4.59. The lowest BCUT2D eigenvalue weighted by Gasteiger charge is -2.56. The Balaban J connectivity index is 2.00. The number of fused-ring (bicyclic) bond motifs is 1. The molecule has 1 saturated carbocycles. The van der Waals surface area contributed by atoms with Crippen molar-refractivity contribution in [3.63, 3.8) is 0 Å². The second-order valence-corrected chi connectivity index (χ2v) is 6.36. The lowest BCUT2D eigenvalue weighted by atomic mass is 9.48. The highest BCUT2D eigenvalue weighted by Crippen LogP contribution is 2.61. The number of nitrogens with zero attached hydrogens (tertiary/aromatic N) is 1. The van der Waals surface area contributed by atoms with Crippen molar-refractivity contribution in [3.05, 3.63) is 34.6 Å². The molecule has 0 amide bonds. The average Bonchev–Trinajstić information content (AvgIpc) is 2.29. The molecule has 2 bridgehead atoms. The van der Waals surface area contributed by atoms with Crippen LogP contribution in [0, 0.1) is 17.3 Å². The first-order chi connectivity index (χ1) is 7.59. The summed E-state index contributed by atoms with van der Waals surface area (Å²) >= 11 is 3.45. The minimum absolute atomic E-state index is 0.480. The topological polar surface area (TPSA) is 12.9 Å². The fourth-order valence-electron chi connectivity index (χ4n) is 3.21. The molecule has 0 spiro atoms. The molecule has 1 aromatic heterocycles. The summed E-state index contributed by atoms with van der Waals surface area (Å²) in [6.45, 7) is 4.80. The second-order valence-electron chi connectivity index (χ2n) is 5.55. The number of allylic oxidation sites excluding steroid dienone is 2. The van der Waals surface area contributed by atoms with Gasteiger partial charge in [0.2, 0.25) is 0 Å². The van der Waals surface area contributed by atoms with Crippen LogP contribution in [-0.2, 0) is 0 Å². The molecule has 16 heavy (non-hydrogen) atoms. The number of halogens is 1. The molecule has 84 valence electrons. The zero-order valence-corrected chi connectivity index (χ0v) is 11.3. The van der Waals surface area contributed by atoms with Crippen LogP contribution in [0.2, 0.25) is 0 Å². The molecule has 0 N–H and O–H groups in total. The Kier molecular flexibility index (Phi) is 2.25. The van der Waals surface area contributed by atoms with Crippen LogP contribution in [0.1, 0.15) is 32.4 Å². The molecule has 1 heterocycles. The molecule has 0 saturated heterocycles. The molecule has 0 radical (unpaired) electrons. The smallest absolute Gasteiger partial charge is 0.106 e. The van der Waals surface area contributed by atoms with Crippen molar-refractivity contribution in [2.24, 2.45) is 17.3 Å². The summed E-state index contributed by atoms with van der Waals surface area (Å²) in [6, 6.07) is 6.19. The van der Waals surface area contributed by atoms with Crippen molar-refractivity contribution in [2.75, 3.05) is 0 Å². The van der Waals surface area contributed by atoms with Gasteiger partial charge in [0.25, 0.3) is 0 Å². The number of hydrogen-bond acceptors (Lipinski definition) is 1. The van der Waals surface area contributed by atoms with Crippen LogP contribution >= 0.6 is 15.9 Å². The molecule has 1 nitrogen and oxygen atoms in total. The largest absolute Gasteiger partial charge is 0.241 e. The Morgan fingerprint density at radius 2 is 2.19 bits per heavy atom. The summed E-state index contributed by atoms with van der Waals surface area (Å²) < 4.78 is 0.935. The molecule has 2 heteroatoms. The number of rotatable bonds is 1. The SMILES string of the molecule is CC1(C)C2CC=C(c3cccc(Br)n3)C1C2. The highest BCUT2D eigenvalue weighted by atomic mass is 79.9. The lowest BCUT2D eigenvalue weighted by Crippen LogP contribution is -2.47. The summed E-state index contributed by atoms with van der Waals surface area (Å²) in [5.74, 6) is 1.61. The van der Waals surface area contributed by atoms with Gasteiger partial charge in [0.1, 0.15) is 4.60 Å². The fraction of sp³-hybridized carbons (Fsp3) is 0.500. The third-order valence-electron chi connectivity index (χ3n) is 4.48. The predicted molar refractivity (Wildman–Crippen MR) is 69.9 cm³/mol. The zero-order valence-electron chi connectivity index (χ0n) is 9.70. The van der Waals surface area contributed by atoms with Crippen molar-refractivity contribution < 1.29 is 0 Å². The monoisotopic (exact) mass is 277 g/mol. The molecule has 3 aliphatic rings. The second kappa shape index (κ2) is 3.43. The van der Waals surface area contributed by atoms with Gasteiger partial charge in [0, 0.05) is 0 Å². The third-order valence-corrected chi connectivity index (χ3v) is 4.92. The molecular formula is C14H16BrN. The minimum atomic E-state index is 0.480. The molecule has 1 fully saturated rings. The van der Waals surface area contributed by atoms with Gasteiger partial charge in [-0.1, -0.05) is 26.0 Å². The zero-order chi connectivity index (χ0) is 11.3. The van der Waals surface area contributed by atoms with Gasteiger partial charge in [-0.15, -0.1) is 0 Å². The first kappa shape index (κ1) is 10.5. The van der Waals surface area contributed by atoms with Crippen LogP contribution < -0.4 is 0 Å². The van der Waals surface area contributed by atoms with E-state index in [9.17, 15) is 0 Å². The molecule has 0 aromatic carbocycles. The molecule has 0 aliphatic heterocycles. The normalized spacial score (nSPS) is 30.6. The van der Waals surface area contributed by atoms with Crippen molar-refractivity contribution in [1.29, 1.82) is 0 Å². The van der Waals surface area contributed by atoms with Crippen LogP contribution in [0.15, 0.2) is 28.9 Å². The van der Waals surface area contributed by atoms with Gasteiger partial charge in [0.05, 0.1) is 5.69 Å². The molecule has 3 aliphatic carbocycles. The van der Waals surface area contributed by atoms with E-state index in [-0.39, 0.29) is 0 Å². The van der Waals surface area contributed by atoms with Gasteiger partial charge in [-0.05, 0) is 63.7 Å². The number of pyridine rings is 1. The predicted octanol–water partition coefficient (Wildman–Crippen LogP) is 4.29. The van der Waals surface area contributed by atoms with E-state index in [1.165, 1.54) is 18.4 Å². The molecule has 1 aromatic rings. The molecule has 2 unspecified atom stereocenters. The Morgan fingerprint density at radius 1 is 1.38 bits per heavy atom. The van der Waals surface area contributed by atoms with Crippen molar-refractivity contribution >= 4 is 21.5 Å². The minimum Gasteiger partial charge on any atom is -0.241 e. The summed E-state index contributed by atoms with van der Waals surface area (Å²) in [7, 11) is 0. The Labute approximate surface area is 105 Å². The molecular weight excluding hydrogens is 262 g/mol. The maximum Gasteiger partial charge on any atom is 0.106 e. The Hall–Kier alpha value is -0.630. The third kappa shape index (κ3) is 1.39. The summed E-state index contributed by atoms with van der Waals surface area (Å²) in [6.07, 6.45) is 4.99. The quantitative estimate of drug-likeness (QED) is 0.698. The first-order valence-electron chi connectivity index (χ1n) is 5.92. The van der Waals surface area contributed by atoms with E-state index in [2.05, 4.69) is 53.0 Å². The van der Waals surface area contributed by atoms with E-state index in [0.717, 1.165) is 16.2 Å². The van der Waals surface area contributed by atoms with Crippen LogP contribution in [0.25, 0.3) is 5.57 Å². The van der Waals surface area contributed by atoms with E-state index in [1.807, 2.05) is 6.07 Å². The van der Waals surface area contributed by atoms with Gasteiger partial charge in [-0.25, -0.2) is 4.98 Å². The highest BCUT2D eigenvalue weighted by Gasteiger charge is 2.51. The van der Waals surface area contributed by atoms with E-state index < -0.39 is 0 Å². The maximum atomic E-state index is 4.59. The van der Waals surface area contributed by atoms with Gasteiger partial charge >= 0.3 is 0 Å². The lowest BCUT2D eigenvalue weighted by molar-refractivity contribution is 0.0111. The molecule has 4 rings (SSSR count). The van der Waals surface area contributed by atoms with E-state index in [1.54, 1.807) is 0 Å². The summed E-state index contributed by atoms with van der Waals surface area (Å²) in [5, 5.41) is 0. The first-order valence-corrected chi connectivity index (χ1v) is 6.71. The molecule has 2 atom stereocenters. The standard InChI is InChI=1S/C14H16BrN/c1-14(2)9-6-7-10(11(14)8-9)12-4-3-5-13(15)16-12/h3-5,7,9,11H,6,8H2,1-2H3.